The summed E-state index contributed by atoms with van der Waals surface area (Å²) >= 11 is 0. The van der Waals surface area contributed by atoms with Crippen LogP contribution in [0.25, 0.3) is 0 Å². The molecule has 0 bridgehead atoms. The van der Waals surface area contributed by atoms with E-state index in [1.54, 1.807) is 0 Å². The largest absolute Gasteiger partial charge is 0.473 e. The summed E-state index contributed by atoms with van der Waals surface area (Å²) in [6.07, 6.45) is 3.08. The van der Waals surface area contributed by atoms with Crippen molar-refractivity contribution in [2.45, 2.75) is 39.3 Å². The van der Waals surface area contributed by atoms with Crippen LogP contribution < -0.4 is 0 Å². The predicted molar refractivity (Wildman–Crippen MR) is 137 cm³/mol. The number of rotatable bonds is 6. The van der Waals surface area contributed by atoms with E-state index < -0.39 is 11.9 Å². The molecule has 2 heterocycles. The normalized spacial score (nSPS) is 17.2. The third-order valence-corrected chi connectivity index (χ3v) is 6.89. The van der Waals surface area contributed by atoms with Crippen LogP contribution >= 0.6 is 0 Å². The number of aryl methyl sites for hydroxylation is 1. The van der Waals surface area contributed by atoms with Gasteiger partial charge in [-0.05, 0) is 49.0 Å². The monoisotopic (exact) mass is 495 g/mol. The van der Waals surface area contributed by atoms with Crippen LogP contribution in [0.1, 0.15) is 36.5 Å². The van der Waals surface area contributed by atoms with Crippen LogP contribution in [-0.4, -0.2) is 82.0 Å². The fourth-order valence-electron chi connectivity index (χ4n) is 4.70. The number of nitrogens with zero attached hydrogens (tertiary/aromatic N) is 3. The molecule has 0 spiro atoms. The highest BCUT2D eigenvalue weighted by atomic mass is 16.4. The number of hydrogen-bond donors (Lipinski definition) is 2. The van der Waals surface area contributed by atoms with Crippen LogP contribution in [0.3, 0.4) is 0 Å². The summed E-state index contributed by atoms with van der Waals surface area (Å²) < 4.78 is 0. The van der Waals surface area contributed by atoms with E-state index in [4.69, 9.17) is 19.8 Å². The lowest BCUT2D eigenvalue weighted by molar-refractivity contribution is -0.159. The molecule has 0 radical (unpaired) electrons. The number of likely N-dealkylation sites (tertiary alicyclic amines) is 1. The van der Waals surface area contributed by atoms with Gasteiger partial charge in [0, 0.05) is 45.2 Å². The molecule has 0 aromatic heterocycles. The quantitative estimate of drug-likeness (QED) is 0.594. The van der Waals surface area contributed by atoms with E-state index in [0.717, 1.165) is 71.6 Å². The summed E-state index contributed by atoms with van der Waals surface area (Å²) in [5.41, 5.74) is 4.13. The zero-order valence-corrected chi connectivity index (χ0v) is 21.0. The minimum absolute atomic E-state index is 0.212. The van der Waals surface area contributed by atoms with Gasteiger partial charge in [-0.2, -0.15) is 0 Å². The topological polar surface area (TPSA) is 101 Å². The maximum atomic E-state index is 13.0. The molecule has 2 fully saturated rings. The van der Waals surface area contributed by atoms with Gasteiger partial charge in [0.2, 0.25) is 5.91 Å². The van der Waals surface area contributed by atoms with E-state index in [0.29, 0.717) is 5.91 Å². The Morgan fingerprint density at radius 2 is 1.17 bits per heavy atom. The van der Waals surface area contributed by atoms with Gasteiger partial charge in [0.05, 0.1) is 0 Å². The number of benzene rings is 2. The fourth-order valence-corrected chi connectivity index (χ4v) is 4.70. The van der Waals surface area contributed by atoms with E-state index in [-0.39, 0.29) is 5.92 Å². The summed E-state index contributed by atoms with van der Waals surface area (Å²) in [5, 5.41) is 14.8. The number of amides is 1. The lowest BCUT2D eigenvalue weighted by Gasteiger charge is -2.38. The maximum absolute atomic E-state index is 13.0. The standard InChI is InChI=1S/C26H35N3O.C2H2O4/c1-2-22-8-10-24(11-9-22)21-27-14-12-25(13-15-27)26(30)29-18-16-28(17-19-29)20-23-6-4-3-5-7-23;3-1(4)2(5)6/h3-11,25H,2,12-21H2,1H3;(H,3,4)(H,5,6). The molecule has 2 aromatic rings. The Labute approximate surface area is 213 Å². The Balaban J connectivity index is 0.000000538. The van der Waals surface area contributed by atoms with Crippen LogP contribution in [0.2, 0.25) is 0 Å². The van der Waals surface area contributed by atoms with Crippen molar-refractivity contribution in [3.05, 3.63) is 71.3 Å². The van der Waals surface area contributed by atoms with Crippen LogP contribution in [0.5, 0.6) is 0 Å². The molecule has 36 heavy (non-hydrogen) atoms. The molecule has 1 amide bonds. The first-order chi connectivity index (χ1) is 17.4. The van der Waals surface area contributed by atoms with E-state index >= 15 is 0 Å². The van der Waals surface area contributed by atoms with Gasteiger partial charge < -0.3 is 15.1 Å². The van der Waals surface area contributed by atoms with Crippen LogP contribution in [-0.2, 0) is 33.9 Å². The third-order valence-electron chi connectivity index (χ3n) is 6.89. The smallest absolute Gasteiger partial charge is 0.414 e. The van der Waals surface area contributed by atoms with Crippen molar-refractivity contribution in [2.24, 2.45) is 5.92 Å². The molecule has 0 saturated carbocycles. The van der Waals surface area contributed by atoms with Gasteiger partial charge in [-0.25, -0.2) is 9.59 Å². The number of carboxylic acid groups (broad SMARTS) is 2. The minimum Gasteiger partial charge on any atom is -0.473 e. The first-order valence-electron chi connectivity index (χ1n) is 12.7. The Morgan fingerprint density at radius 1 is 0.694 bits per heavy atom. The Morgan fingerprint density at radius 3 is 1.67 bits per heavy atom. The van der Waals surface area contributed by atoms with Crippen molar-refractivity contribution in [3.8, 4) is 0 Å². The molecule has 0 unspecified atom stereocenters. The average molecular weight is 496 g/mol. The van der Waals surface area contributed by atoms with Gasteiger partial charge in [-0.3, -0.25) is 14.6 Å². The van der Waals surface area contributed by atoms with Crippen molar-refractivity contribution < 1.29 is 24.6 Å². The van der Waals surface area contributed by atoms with E-state index in [1.807, 2.05) is 0 Å². The van der Waals surface area contributed by atoms with E-state index in [2.05, 4.69) is 76.2 Å². The summed E-state index contributed by atoms with van der Waals surface area (Å²) in [6.45, 7) is 9.94. The lowest BCUT2D eigenvalue weighted by atomic mass is 9.94. The van der Waals surface area contributed by atoms with Crippen LogP contribution in [0, 0.1) is 5.92 Å². The van der Waals surface area contributed by atoms with Gasteiger partial charge in [0.1, 0.15) is 0 Å². The fraction of sp³-hybridized carbons (Fsp3) is 0.464. The zero-order valence-electron chi connectivity index (χ0n) is 21.0. The number of piperidine rings is 1. The van der Waals surface area contributed by atoms with Gasteiger partial charge in [0.25, 0.3) is 0 Å². The molecule has 2 aliphatic heterocycles. The molecule has 2 saturated heterocycles. The molecule has 0 atom stereocenters. The number of aliphatic carboxylic acids is 2. The zero-order chi connectivity index (χ0) is 25.9. The summed E-state index contributed by atoms with van der Waals surface area (Å²) in [6, 6.07) is 19.6. The molecule has 194 valence electrons. The second-order valence-electron chi connectivity index (χ2n) is 9.42. The third kappa shape index (κ3) is 8.46. The van der Waals surface area contributed by atoms with Gasteiger partial charge >= 0.3 is 11.9 Å². The molecule has 4 rings (SSSR count). The second kappa shape index (κ2) is 13.8. The van der Waals surface area contributed by atoms with Crippen molar-refractivity contribution in [1.82, 2.24) is 14.7 Å². The Hall–Kier alpha value is -3.23. The first kappa shape index (κ1) is 27.4. The van der Waals surface area contributed by atoms with Crippen molar-refractivity contribution in [2.75, 3.05) is 39.3 Å². The highest BCUT2D eigenvalue weighted by Gasteiger charge is 2.30. The second-order valence-corrected chi connectivity index (χ2v) is 9.42. The lowest BCUT2D eigenvalue weighted by Crippen LogP contribution is -2.51. The minimum atomic E-state index is -1.82. The van der Waals surface area contributed by atoms with Crippen LogP contribution in [0.4, 0.5) is 0 Å². The number of carbonyl (C=O) groups is 3. The van der Waals surface area contributed by atoms with Gasteiger partial charge in [-0.1, -0.05) is 61.5 Å². The van der Waals surface area contributed by atoms with Crippen molar-refractivity contribution in [3.63, 3.8) is 0 Å². The van der Waals surface area contributed by atoms with E-state index in [9.17, 15) is 4.79 Å². The Kier molecular flexibility index (Phi) is 10.5. The molecule has 2 N–H and O–H groups in total. The number of hydrogen-bond acceptors (Lipinski definition) is 5. The summed E-state index contributed by atoms with van der Waals surface area (Å²) in [4.78, 5) is 38.3. The van der Waals surface area contributed by atoms with Gasteiger partial charge in [0.15, 0.2) is 0 Å². The highest BCUT2D eigenvalue weighted by Crippen LogP contribution is 2.22. The molecule has 8 nitrogen and oxygen atoms in total. The predicted octanol–water partition coefficient (Wildman–Crippen LogP) is 2.96. The average Bonchev–Trinajstić information content (AvgIpc) is 2.90. The number of carbonyl (C=O) groups excluding carboxylic acids is 1. The van der Waals surface area contributed by atoms with E-state index in [1.165, 1.54) is 16.7 Å². The molecule has 8 heteroatoms. The molecule has 0 aliphatic carbocycles. The summed E-state index contributed by atoms with van der Waals surface area (Å²) in [5.74, 6) is -3.05. The number of piperazine rings is 1. The molecule has 2 aromatic carbocycles. The Bertz CT molecular complexity index is 968. The molecular weight excluding hydrogens is 458 g/mol. The number of carboxylic acids is 2. The van der Waals surface area contributed by atoms with Crippen molar-refractivity contribution >= 4 is 17.8 Å². The molecule has 2 aliphatic rings. The molecular formula is C28H37N3O5. The van der Waals surface area contributed by atoms with Crippen LogP contribution in [0.15, 0.2) is 54.6 Å². The summed E-state index contributed by atoms with van der Waals surface area (Å²) in [7, 11) is 0. The highest BCUT2D eigenvalue weighted by molar-refractivity contribution is 6.27. The maximum Gasteiger partial charge on any atom is 0.414 e. The first-order valence-corrected chi connectivity index (χ1v) is 12.7. The van der Waals surface area contributed by atoms with Gasteiger partial charge in [-0.15, -0.1) is 0 Å². The van der Waals surface area contributed by atoms with Crippen molar-refractivity contribution in [1.29, 1.82) is 0 Å². The SMILES string of the molecule is CCc1ccc(CN2CCC(C(=O)N3CCN(Cc4ccccc4)CC3)CC2)cc1.O=C(O)C(=O)O.